The Morgan fingerprint density at radius 3 is 1.26 bits per heavy atom. The number of rotatable bonds is 41. The lowest BCUT2D eigenvalue weighted by molar-refractivity contribution is -0.167. The fourth-order valence-corrected chi connectivity index (χ4v) is 6.16. The van der Waals surface area contributed by atoms with E-state index in [9.17, 15) is 14.4 Å². The lowest BCUT2D eigenvalue weighted by atomic mass is 10.1. The zero-order valence-corrected chi connectivity index (χ0v) is 37.5. The summed E-state index contributed by atoms with van der Waals surface area (Å²) >= 11 is 0. The molecule has 0 heterocycles. The molecule has 0 radical (unpaired) electrons. The Kier molecular flexibility index (Phi) is 43.6. The average molecular weight is 807 g/mol. The molecule has 6 heteroatoms. The summed E-state index contributed by atoms with van der Waals surface area (Å²) in [7, 11) is 0. The Bertz CT molecular complexity index is 1160. The van der Waals surface area contributed by atoms with E-state index in [0.717, 1.165) is 103 Å². The van der Waals surface area contributed by atoms with Gasteiger partial charge in [-0.15, -0.1) is 0 Å². The van der Waals surface area contributed by atoms with E-state index in [0.29, 0.717) is 19.3 Å². The number of carbonyl (C=O) groups is 3. The second kappa shape index (κ2) is 46.3. The Hall–Kier alpha value is -3.41. The van der Waals surface area contributed by atoms with E-state index >= 15 is 0 Å². The number of hydrogen-bond acceptors (Lipinski definition) is 6. The summed E-state index contributed by atoms with van der Waals surface area (Å²) in [5, 5.41) is 0. The van der Waals surface area contributed by atoms with Crippen LogP contribution in [0.1, 0.15) is 207 Å². The van der Waals surface area contributed by atoms with Crippen molar-refractivity contribution in [3.05, 3.63) is 85.1 Å². The number of unbranched alkanes of at least 4 members (excludes halogenated alkanes) is 19. The van der Waals surface area contributed by atoms with Gasteiger partial charge in [0.15, 0.2) is 6.10 Å². The number of hydrogen-bond donors (Lipinski definition) is 0. The zero-order valence-electron chi connectivity index (χ0n) is 37.5. The first-order valence-electron chi connectivity index (χ1n) is 23.6. The third-order valence-electron chi connectivity index (χ3n) is 9.70. The highest BCUT2D eigenvalue weighted by molar-refractivity contribution is 5.71. The van der Waals surface area contributed by atoms with Crippen molar-refractivity contribution in [1.82, 2.24) is 0 Å². The number of carbonyl (C=O) groups excluding carboxylic acids is 3. The monoisotopic (exact) mass is 807 g/mol. The summed E-state index contributed by atoms with van der Waals surface area (Å²) in [5.41, 5.74) is 0. The third kappa shape index (κ3) is 43.7. The third-order valence-corrected chi connectivity index (χ3v) is 9.70. The van der Waals surface area contributed by atoms with Gasteiger partial charge in [-0.25, -0.2) is 0 Å². The van der Waals surface area contributed by atoms with Crippen molar-refractivity contribution in [1.29, 1.82) is 0 Å². The summed E-state index contributed by atoms with van der Waals surface area (Å²) in [6, 6.07) is 0. The van der Waals surface area contributed by atoms with Crippen molar-refractivity contribution in [2.24, 2.45) is 0 Å². The van der Waals surface area contributed by atoms with Crippen LogP contribution in [0.5, 0.6) is 0 Å². The maximum Gasteiger partial charge on any atom is 0.306 e. The molecule has 1 atom stereocenters. The topological polar surface area (TPSA) is 78.9 Å². The van der Waals surface area contributed by atoms with E-state index in [1.165, 1.54) is 64.2 Å². The SMILES string of the molecule is CC\C=C/C=C\C=C/CCCCCCCCCC(=O)OCC(COC(=O)CCCCC/C=C\C=C/CCCC)OC(=O)CCCCCCCCC/C=C\C/C=C\CC. The van der Waals surface area contributed by atoms with Crippen molar-refractivity contribution in [2.75, 3.05) is 13.2 Å². The molecule has 330 valence electrons. The van der Waals surface area contributed by atoms with Crippen LogP contribution < -0.4 is 0 Å². The van der Waals surface area contributed by atoms with E-state index in [2.05, 4.69) is 106 Å². The molecule has 0 aliphatic rings. The smallest absolute Gasteiger partial charge is 0.306 e. The zero-order chi connectivity index (χ0) is 42.3. The molecule has 0 aliphatic heterocycles. The first-order valence-corrected chi connectivity index (χ1v) is 23.6. The highest BCUT2D eigenvalue weighted by Gasteiger charge is 2.19. The van der Waals surface area contributed by atoms with Gasteiger partial charge < -0.3 is 14.2 Å². The summed E-state index contributed by atoms with van der Waals surface area (Å²) in [6.07, 6.45) is 58.5. The fraction of sp³-hybridized carbons (Fsp3) is 0.673. The highest BCUT2D eigenvalue weighted by atomic mass is 16.6. The van der Waals surface area contributed by atoms with Crippen LogP contribution in [0.3, 0.4) is 0 Å². The van der Waals surface area contributed by atoms with E-state index in [1.807, 2.05) is 0 Å². The molecule has 1 unspecified atom stereocenters. The normalized spacial score (nSPS) is 12.8. The van der Waals surface area contributed by atoms with Gasteiger partial charge in [0, 0.05) is 19.3 Å². The van der Waals surface area contributed by atoms with Crippen molar-refractivity contribution in [3.8, 4) is 0 Å². The summed E-state index contributed by atoms with van der Waals surface area (Å²) in [6.45, 7) is 6.29. The van der Waals surface area contributed by atoms with Crippen LogP contribution in [-0.2, 0) is 28.6 Å². The van der Waals surface area contributed by atoms with E-state index in [4.69, 9.17) is 14.2 Å². The van der Waals surface area contributed by atoms with Gasteiger partial charge in [-0.3, -0.25) is 14.4 Å². The maximum absolute atomic E-state index is 12.7. The van der Waals surface area contributed by atoms with Crippen LogP contribution in [-0.4, -0.2) is 37.2 Å². The molecule has 0 aromatic rings. The van der Waals surface area contributed by atoms with Crippen LogP contribution in [0.4, 0.5) is 0 Å². The molecule has 6 nitrogen and oxygen atoms in total. The van der Waals surface area contributed by atoms with Gasteiger partial charge in [-0.1, -0.05) is 189 Å². The van der Waals surface area contributed by atoms with Gasteiger partial charge in [0.25, 0.3) is 0 Å². The van der Waals surface area contributed by atoms with Gasteiger partial charge in [0.1, 0.15) is 13.2 Å². The first-order chi connectivity index (χ1) is 28.5. The first kappa shape index (κ1) is 54.6. The molecular weight excluding hydrogens is 721 g/mol. The maximum atomic E-state index is 12.7. The van der Waals surface area contributed by atoms with E-state index < -0.39 is 6.10 Å². The molecule has 0 rings (SSSR count). The summed E-state index contributed by atoms with van der Waals surface area (Å²) < 4.78 is 16.7. The average Bonchev–Trinajstić information content (AvgIpc) is 3.22. The van der Waals surface area contributed by atoms with Crippen LogP contribution in [0.25, 0.3) is 0 Å². The molecule has 0 fully saturated rings. The van der Waals surface area contributed by atoms with Crippen molar-refractivity contribution >= 4 is 17.9 Å². The largest absolute Gasteiger partial charge is 0.462 e. The number of allylic oxidation sites excluding steroid dienone is 14. The van der Waals surface area contributed by atoms with Crippen molar-refractivity contribution < 1.29 is 28.6 Å². The number of esters is 3. The van der Waals surface area contributed by atoms with Crippen LogP contribution >= 0.6 is 0 Å². The van der Waals surface area contributed by atoms with Gasteiger partial charge in [-0.05, 0) is 83.5 Å². The predicted molar refractivity (Wildman–Crippen MR) is 247 cm³/mol. The quantitative estimate of drug-likeness (QED) is 0.0201. The van der Waals surface area contributed by atoms with Gasteiger partial charge >= 0.3 is 17.9 Å². The molecule has 0 aromatic heterocycles. The van der Waals surface area contributed by atoms with Gasteiger partial charge in [0.05, 0.1) is 0 Å². The minimum absolute atomic E-state index is 0.0958. The summed E-state index contributed by atoms with van der Waals surface area (Å²) in [5.74, 6) is -0.950. The molecule has 0 saturated heterocycles. The molecule has 0 aromatic carbocycles. The highest BCUT2D eigenvalue weighted by Crippen LogP contribution is 2.13. The Morgan fingerprint density at radius 2 is 0.759 bits per heavy atom. The lowest BCUT2D eigenvalue weighted by Gasteiger charge is -2.18. The van der Waals surface area contributed by atoms with Gasteiger partial charge in [0.2, 0.25) is 0 Å². The van der Waals surface area contributed by atoms with Crippen molar-refractivity contribution in [2.45, 2.75) is 213 Å². The molecule has 0 amide bonds. The Balaban J connectivity index is 4.44. The van der Waals surface area contributed by atoms with E-state index in [1.54, 1.807) is 0 Å². The second-order valence-electron chi connectivity index (χ2n) is 15.3. The Morgan fingerprint density at radius 1 is 0.379 bits per heavy atom. The fourth-order valence-electron chi connectivity index (χ4n) is 6.16. The van der Waals surface area contributed by atoms with Crippen LogP contribution in [0.2, 0.25) is 0 Å². The Labute approximate surface area is 356 Å². The molecule has 0 bridgehead atoms. The molecule has 0 N–H and O–H groups in total. The standard InChI is InChI=1S/C52H86O6/c1-4-7-10-13-16-19-22-24-26-28-30-33-36-39-42-45-51(54)57-48-49(47-56-50(53)44-41-38-35-32-29-21-18-15-12-9-6-3)58-52(55)46-43-40-37-34-31-27-25-23-20-17-14-11-8-5-2/h7-8,10-11,13,15-22,29,49H,4-6,9,12,14,23-28,30-48H2,1-3H3/b10-7-,11-8-,16-13-,18-15-,20-17-,22-19-,29-21-. The molecule has 0 spiro atoms. The van der Waals surface area contributed by atoms with Gasteiger partial charge in [-0.2, -0.15) is 0 Å². The van der Waals surface area contributed by atoms with Crippen LogP contribution in [0.15, 0.2) is 85.1 Å². The molecule has 0 aliphatic carbocycles. The lowest BCUT2D eigenvalue weighted by Crippen LogP contribution is -2.30. The predicted octanol–water partition coefficient (Wildman–Crippen LogP) is 15.3. The molecule has 0 saturated carbocycles. The minimum Gasteiger partial charge on any atom is -0.462 e. The minimum atomic E-state index is -0.795. The molecular formula is C52H86O6. The van der Waals surface area contributed by atoms with Crippen molar-refractivity contribution in [3.63, 3.8) is 0 Å². The molecule has 58 heavy (non-hydrogen) atoms. The van der Waals surface area contributed by atoms with Crippen LogP contribution in [0, 0.1) is 0 Å². The van der Waals surface area contributed by atoms with E-state index in [-0.39, 0.29) is 31.1 Å². The number of ether oxygens (including phenoxy) is 3. The second-order valence-corrected chi connectivity index (χ2v) is 15.3. The summed E-state index contributed by atoms with van der Waals surface area (Å²) in [4.78, 5) is 37.8.